The molecule has 3 aromatic rings. The molecule has 0 aliphatic carbocycles. The molecule has 1 amide bonds. The minimum atomic E-state index is -0.314. The lowest BCUT2D eigenvalue weighted by Gasteiger charge is -2.14. The van der Waals surface area contributed by atoms with E-state index in [1.54, 1.807) is 18.6 Å². The average Bonchev–Trinajstić information content (AvgIpc) is 3.08. The van der Waals surface area contributed by atoms with E-state index >= 15 is 0 Å². The van der Waals surface area contributed by atoms with Crippen molar-refractivity contribution in [3.8, 4) is 0 Å². The minimum Gasteiger partial charge on any atom is -0.383 e. The predicted molar refractivity (Wildman–Crippen MR) is 111 cm³/mol. The number of nitrogens with one attached hydrogen (secondary N) is 1. The molecule has 2 heterocycles. The van der Waals surface area contributed by atoms with E-state index in [1.807, 2.05) is 25.1 Å². The zero-order valence-electron chi connectivity index (χ0n) is 16.7. The summed E-state index contributed by atoms with van der Waals surface area (Å²) in [4.78, 5) is 25.4. The summed E-state index contributed by atoms with van der Waals surface area (Å²) in [7, 11) is 1.59. The molecular formula is C22H27N3O3. The number of rotatable bonds is 8. The molecule has 0 bridgehead atoms. The Balaban J connectivity index is 1.64. The molecule has 0 spiro atoms. The van der Waals surface area contributed by atoms with Crippen molar-refractivity contribution in [2.24, 2.45) is 0 Å². The van der Waals surface area contributed by atoms with Crippen molar-refractivity contribution in [3.63, 3.8) is 0 Å². The zero-order chi connectivity index (χ0) is 20.1. The molecule has 1 N–H and O–H groups in total. The molecule has 0 aliphatic heterocycles. The third-order valence-electron chi connectivity index (χ3n) is 4.99. The van der Waals surface area contributed by atoms with Crippen LogP contribution in [0.1, 0.15) is 28.0 Å². The molecule has 2 aromatic heterocycles. The van der Waals surface area contributed by atoms with E-state index < -0.39 is 0 Å². The average molecular weight is 381 g/mol. The van der Waals surface area contributed by atoms with Gasteiger partial charge in [0.1, 0.15) is 5.56 Å². The Labute approximate surface area is 164 Å². The number of hydrogen-bond acceptors (Lipinski definition) is 3. The monoisotopic (exact) mass is 381 g/mol. The third-order valence-corrected chi connectivity index (χ3v) is 4.99. The summed E-state index contributed by atoms with van der Waals surface area (Å²) < 4.78 is 8.84. The molecule has 6 heteroatoms. The molecule has 0 saturated carbocycles. The van der Waals surface area contributed by atoms with Crippen LogP contribution in [0.5, 0.6) is 0 Å². The van der Waals surface area contributed by atoms with E-state index in [4.69, 9.17) is 4.74 Å². The fourth-order valence-electron chi connectivity index (χ4n) is 3.54. The maximum Gasteiger partial charge on any atom is 0.263 e. The maximum atomic E-state index is 12.8. The van der Waals surface area contributed by atoms with Gasteiger partial charge in [0.15, 0.2) is 0 Å². The number of pyridine rings is 1. The Hall–Kier alpha value is -2.86. The largest absolute Gasteiger partial charge is 0.383 e. The van der Waals surface area contributed by atoms with Crippen molar-refractivity contribution >= 4 is 16.8 Å². The van der Waals surface area contributed by atoms with Crippen molar-refractivity contribution in [1.29, 1.82) is 0 Å². The van der Waals surface area contributed by atoms with Crippen LogP contribution in [0.3, 0.4) is 0 Å². The number of para-hydroxylation sites is 1. The summed E-state index contributed by atoms with van der Waals surface area (Å²) in [6.45, 7) is 5.84. The second-order valence-electron chi connectivity index (χ2n) is 6.97. The first-order valence-corrected chi connectivity index (χ1v) is 9.55. The van der Waals surface area contributed by atoms with Crippen LogP contribution in [-0.4, -0.2) is 35.3 Å². The fourth-order valence-corrected chi connectivity index (χ4v) is 3.54. The van der Waals surface area contributed by atoms with Crippen LogP contribution in [0.25, 0.3) is 10.9 Å². The number of nitrogens with zero attached hydrogens (tertiary/aromatic N) is 2. The van der Waals surface area contributed by atoms with Crippen LogP contribution in [0, 0.1) is 13.8 Å². The number of aromatic nitrogens is 2. The van der Waals surface area contributed by atoms with Crippen molar-refractivity contribution in [3.05, 3.63) is 69.8 Å². The number of benzene rings is 1. The van der Waals surface area contributed by atoms with Gasteiger partial charge in [-0.3, -0.25) is 9.59 Å². The third kappa shape index (κ3) is 4.17. The van der Waals surface area contributed by atoms with E-state index in [1.165, 1.54) is 10.9 Å². The van der Waals surface area contributed by atoms with Crippen LogP contribution in [0.2, 0.25) is 0 Å². The molecule has 1 aromatic carbocycles. The van der Waals surface area contributed by atoms with Crippen LogP contribution < -0.4 is 10.9 Å². The number of carbonyl (C=O) groups excluding carboxylic acids is 1. The zero-order valence-corrected chi connectivity index (χ0v) is 16.7. The van der Waals surface area contributed by atoms with Gasteiger partial charge in [-0.05, 0) is 49.4 Å². The highest BCUT2D eigenvalue weighted by Gasteiger charge is 2.17. The smallest absolute Gasteiger partial charge is 0.263 e. The number of methoxy groups -OCH3 is 1. The summed E-state index contributed by atoms with van der Waals surface area (Å²) in [5.41, 5.74) is 2.67. The second kappa shape index (κ2) is 8.89. The molecule has 148 valence electrons. The highest BCUT2D eigenvalue weighted by molar-refractivity contribution is 5.95. The fraction of sp³-hybridized carbons (Fsp3) is 0.364. The maximum absolute atomic E-state index is 12.8. The van der Waals surface area contributed by atoms with Gasteiger partial charge in [-0.25, -0.2) is 0 Å². The van der Waals surface area contributed by atoms with Crippen LogP contribution in [-0.2, 0) is 17.8 Å². The predicted octanol–water partition coefficient (Wildman–Crippen LogP) is 2.89. The van der Waals surface area contributed by atoms with E-state index in [0.717, 1.165) is 18.7 Å². The lowest BCUT2D eigenvalue weighted by molar-refractivity contribution is 0.0949. The van der Waals surface area contributed by atoms with Crippen molar-refractivity contribution in [2.75, 3.05) is 20.3 Å². The summed E-state index contributed by atoms with van der Waals surface area (Å²) in [5, 5.41) is 4.10. The summed E-state index contributed by atoms with van der Waals surface area (Å²) >= 11 is 0. The molecular weight excluding hydrogens is 354 g/mol. The Bertz CT molecular complexity index is 1030. The van der Waals surface area contributed by atoms with Gasteiger partial charge >= 0.3 is 0 Å². The van der Waals surface area contributed by atoms with E-state index in [0.29, 0.717) is 25.3 Å². The Kier molecular flexibility index (Phi) is 6.31. The summed E-state index contributed by atoms with van der Waals surface area (Å²) in [5.74, 6) is -0.314. The lowest BCUT2D eigenvalue weighted by atomic mass is 10.1. The molecule has 0 aliphatic rings. The molecule has 3 rings (SSSR count). The topological polar surface area (TPSA) is 65.3 Å². The number of carbonyl (C=O) groups is 1. The number of fused-ring (bicyclic) bond motifs is 1. The lowest BCUT2D eigenvalue weighted by Crippen LogP contribution is -2.36. The van der Waals surface area contributed by atoms with Gasteiger partial charge in [0.25, 0.3) is 11.5 Å². The Morgan fingerprint density at radius 2 is 1.93 bits per heavy atom. The van der Waals surface area contributed by atoms with Crippen LogP contribution >= 0.6 is 0 Å². The number of amides is 1. The Morgan fingerprint density at radius 1 is 1.14 bits per heavy atom. The van der Waals surface area contributed by atoms with Crippen LogP contribution in [0.15, 0.2) is 47.4 Å². The van der Waals surface area contributed by atoms with Gasteiger partial charge in [0.2, 0.25) is 0 Å². The number of aryl methyl sites for hydroxylation is 3. The first-order valence-electron chi connectivity index (χ1n) is 9.55. The van der Waals surface area contributed by atoms with Gasteiger partial charge in [0.05, 0.1) is 6.61 Å². The van der Waals surface area contributed by atoms with E-state index in [9.17, 15) is 9.59 Å². The normalized spacial score (nSPS) is 11.1. The molecule has 0 atom stereocenters. The van der Waals surface area contributed by atoms with E-state index in [2.05, 4.69) is 34.3 Å². The molecule has 0 radical (unpaired) electrons. The van der Waals surface area contributed by atoms with Crippen molar-refractivity contribution in [2.45, 2.75) is 33.4 Å². The summed E-state index contributed by atoms with van der Waals surface area (Å²) in [6.07, 6.45) is 2.85. The van der Waals surface area contributed by atoms with Gasteiger partial charge in [-0.1, -0.05) is 18.2 Å². The van der Waals surface area contributed by atoms with Gasteiger partial charge in [-0.15, -0.1) is 0 Å². The minimum absolute atomic E-state index is 0.216. The number of ether oxygens (including phenoxy) is 1. The van der Waals surface area contributed by atoms with Gasteiger partial charge < -0.3 is 19.2 Å². The second-order valence-corrected chi connectivity index (χ2v) is 6.97. The SMILES string of the molecule is COCCn1c(C)cc(C)c(C(=O)NCCCn2ccc3ccccc32)c1=O. The van der Waals surface area contributed by atoms with Crippen molar-refractivity contribution < 1.29 is 9.53 Å². The molecule has 0 unspecified atom stereocenters. The van der Waals surface area contributed by atoms with Crippen LogP contribution in [0.4, 0.5) is 0 Å². The van der Waals surface area contributed by atoms with E-state index in [-0.39, 0.29) is 17.0 Å². The standard InChI is InChI=1S/C22H27N3O3/c1-16-15-17(2)25(13-14-28-3)22(27)20(16)21(26)23-10-6-11-24-12-9-18-7-4-5-8-19(18)24/h4-5,7-9,12,15H,6,10-11,13-14H2,1-3H3,(H,23,26). The molecule has 28 heavy (non-hydrogen) atoms. The Morgan fingerprint density at radius 3 is 2.71 bits per heavy atom. The van der Waals surface area contributed by atoms with Gasteiger partial charge in [0, 0.05) is 44.2 Å². The highest BCUT2D eigenvalue weighted by atomic mass is 16.5. The first kappa shape index (κ1) is 19.9. The first-order chi connectivity index (χ1) is 13.5. The highest BCUT2D eigenvalue weighted by Crippen LogP contribution is 2.15. The molecule has 6 nitrogen and oxygen atoms in total. The van der Waals surface area contributed by atoms with Gasteiger partial charge in [-0.2, -0.15) is 0 Å². The molecule has 0 fully saturated rings. The van der Waals surface area contributed by atoms with Crippen molar-refractivity contribution in [1.82, 2.24) is 14.5 Å². The molecule has 0 saturated heterocycles. The summed E-state index contributed by atoms with van der Waals surface area (Å²) in [6, 6.07) is 12.2. The quantitative estimate of drug-likeness (QED) is 0.610. The number of hydrogen-bond donors (Lipinski definition) is 1.